The van der Waals surface area contributed by atoms with Gasteiger partial charge in [-0.05, 0) is 24.8 Å². The minimum Gasteiger partial charge on any atom is -0.496 e. The van der Waals surface area contributed by atoms with Crippen molar-refractivity contribution in [2.24, 2.45) is 0 Å². The zero-order chi connectivity index (χ0) is 9.68. The zero-order valence-corrected chi connectivity index (χ0v) is 8.29. The van der Waals surface area contributed by atoms with Crippen molar-refractivity contribution in [2.45, 2.75) is 6.92 Å². The zero-order valence-electron chi connectivity index (χ0n) is 8.29. The van der Waals surface area contributed by atoms with Crippen molar-refractivity contribution < 1.29 is 4.74 Å². The molecule has 1 N–H and O–H groups in total. The quantitative estimate of drug-likeness (QED) is 0.764. The molecule has 0 amide bonds. The van der Waals surface area contributed by atoms with Gasteiger partial charge in [0.05, 0.1) is 7.11 Å². The van der Waals surface area contributed by atoms with Gasteiger partial charge in [0.15, 0.2) is 0 Å². The van der Waals surface area contributed by atoms with Crippen molar-refractivity contribution in [3.05, 3.63) is 36.0 Å². The summed E-state index contributed by atoms with van der Waals surface area (Å²) in [6.45, 7) is 2.05. The molecule has 2 nitrogen and oxygen atoms in total. The first-order valence-corrected chi connectivity index (χ1v) is 4.27. The van der Waals surface area contributed by atoms with Gasteiger partial charge in [-0.3, -0.25) is 0 Å². The molecule has 2 heteroatoms. The van der Waals surface area contributed by atoms with Gasteiger partial charge in [0, 0.05) is 12.6 Å². The van der Waals surface area contributed by atoms with E-state index in [0.29, 0.717) is 0 Å². The molecule has 0 bridgehead atoms. The third-order valence-corrected chi connectivity index (χ3v) is 1.89. The molecule has 1 aromatic carbocycles. The highest BCUT2D eigenvalue weighted by Gasteiger charge is 2.01. The molecule has 70 valence electrons. The lowest BCUT2D eigenvalue weighted by Gasteiger charge is -2.07. The first-order valence-electron chi connectivity index (χ1n) is 4.27. The van der Waals surface area contributed by atoms with Crippen LogP contribution in [0.1, 0.15) is 12.5 Å². The lowest BCUT2D eigenvalue weighted by atomic mass is 10.1. The standard InChI is InChI=1S/C11H15NO/c1-9(8-12-2)10-6-4-5-7-11(10)13-3/h4-8,12H,1-3H3/b9-8+. The smallest absolute Gasteiger partial charge is 0.126 e. The Kier molecular flexibility index (Phi) is 3.38. The Morgan fingerprint density at radius 1 is 1.38 bits per heavy atom. The summed E-state index contributed by atoms with van der Waals surface area (Å²) in [6.07, 6.45) is 1.96. The van der Waals surface area contributed by atoms with Gasteiger partial charge in [0.2, 0.25) is 0 Å². The Labute approximate surface area is 79.2 Å². The predicted molar refractivity (Wildman–Crippen MR) is 55.7 cm³/mol. The number of hydrogen-bond donors (Lipinski definition) is 1. The Balaban J connectivity index is 3.05. The Morgan fingerprint density at radius 2 is 2.08 bits per heavy atom. The summed E-state index contributed by atoms with van der Waals surface area (Å²) in [7, 11) is 3.57. The molecular weight excluding hydrogens is 162 g/mol. The van der Waals surface area contributed by atoms with Crippen molar-refractivity contribution in [2.75, 3.05) is 14.2 Å². The minimum atomic E-state index is 0.909. The normalized spacial score (nSPS) is 11.2. The van der Waals surface area contributed by atoms with Crippen molar-refractivity contribution in [3.63, 3.8) is 0 Å². The van der Waals surface area contributed by atoms with Gasteiger partial charge in [-0.1, -0.05) is 18.2 Å². The number of allylic oxidation sites excluding steroid dienone is 1. The highest BCUT2D eigenvalue weighted by atomic mass is 16.5. The first kappa shape index (κ1) is 9.65. The lowest BCUT2D eigenvalue weighted by Crippen LogP contribution is -1.96. The number of rotatable bonds is 3. The van der Waals surface area contributed by atoms with Crippen LogP contribution in [0.3, 0.4) is 0 Å². The minimum absolute atomic E-state index is 0.909. The van der Waals surface area contributed by atoms with Gasteiger partial charge in [-0.2, -0.15) is 0 Å². The number of ether oxygens (including phenoxy) is 1. The fraction of sp³-hybridized carbons (Fsp3) is 0.273. The van der Waals surface area contributed by atoms with E-state index < -0.39 is 0 Å². The Morgan fingerprint density at radius 3 is 2.69 bits per heavy atom. The number of nitrogens with one attached hydrogen (secondary N) is 1. The fourth-order valence-corrected chi connectivity index (χ4v) is 1.26. The third-order valence-electron chi connectivity index (χ3n) is 1.89. The summed E-state index contributed by atoms with van der Waals surface area (Å²) < 4.78 is 5.24. The van der Waals surface area contributed by atoms with Gasteiger partial charge in [0.1, 0.15) is 5.75 Å². The summed E-state index contributed by atoms with van der Waals surface area (Å²) in [5.74, 6) is 0.909. The van der Waals surface area contributed by atoms with Gasteiger partial charge in [-0.25, -0.2) is 0 Å². The van der Waals surface area contributed by atoms with Crippen LogP contribution in [0.5, 0.6) is 5.75 Å². The molecule has 0 heterocycles. The molecule has 1 aromatic rings. The van der Waals surface area contributed by atoms with Gasteiger partial charge < -0.3 is 10.1 Å². The lowest BCUT2D eigenvalue weighted by molar-refractivity contribution is 0.413. The van der Waals surface area contributed by atoms with Crippen molar-refractivity contribution in [3.8, 4) is 5.75 Å². The highest BCUT2D eigenvalue weighted by Crippen LogP contribution is 2.24. The molecule has 1 rings (SSSR count). The van der Waals surface area contributed by atoms with E-state index in [1.165, 1.54) is 5.57 Å². The Hall–Kier alpha value is -1.44. The topological polar surface area (TPSA) is 21.3 Å². The van der Waals surface area contributed by atoms with Gasteiger partial charge in [-0.15, -0.1) is 0 Å². The molecule has 0 radical (unpaired) electrons. The molecule has 0 atom stereocenters. The second kappa shape index (κ2) is 4.55. The molecule has 0 aliphatic heterocycles. The van der Waals surface area contributed by atoms with Crippen LogP contribution in [0.4, 0.5) is 0 Å². The molecule has 0 aromatic heterocycles. The molecular formula is C11H15NO. The van der Waals surface area contributed by atoms with Crippen LogP contribution in [0, 0.1) is 0 Å². The van der Waals surface area contributed by atoms with E-state index in [1.807, 2.05) is 44.4 Å². The number of para-hydroxylation sites is 1. The van der Waals surface area contributed by atoms with Gasteiger partial charge >= 0.3 is 0 Å². The number of hydrogen-bond acceptors (Lipinski definition) is 2. The Bertz CT molecular complexity index is 305. The second-order valence-electron chi connectivity index (χ2n) is 2.82. The summed E-state index contributed by atoms with van der Waals surface area (Å²) in [6, 6.07) is 7.98. The summed E-state index contributed by atoms with van der Waals surface area (Å²) in [5.41, 5.74) is 2.29. The van der Waals surface area contributed by atoms with Crippen LogP contribution >= 0.6 is 0 Å². The predicted octanol–water partition coefficient (Wildman–Crippen LogP) is 2.28. The van der Waals surface area contributed by atoms with E-state index in [2.05, 4.69) is 5.32 Å². The maximum Gasteiger partial charge on any atom is 0.126 e. The maximum atomic E-state index is 5.24. The SMILES string of the molecule is CN/C=C(\C)c1ccccc1OC. The molecule has 13 heavy (non-hydrogen) atoms. The average molecular weight is 177 g/mol. The van der Waals surface area contributed by atoms with Crippen LogP contribution in [0.15, 0.2) is 30.5 Å². The van der Waals surface area contributed by atoms with E-state index in [9.17, 15) is 0 Å². The number of benzene rings is 1. The fourth-order valence-electron chi connectivity index (χ4n) is 1.26. The molecule has 0 saturated heterocycles. The van der Waals surface area contributed by atoms with E-state index in [0.717, 1.165) is 11.3 Å². The second-order valence-corrected chi connectivity index (χ2v) is 2.82. The maximum absolute atomic E-state index is 5.24. The van der Waals surface area contributed by atoms with Crippen LogP contribution in [-0.2, 0) is 0 Å². The monoisotopic (exact) mass is 177 g/mol. The summed E-state index contributed by atoms with van der Waals surface area (Å²) >= 11 is 0. The van der Waals surface area contributed by atoms with Gasteiger partial charge in [0.25, 0.3) is 0 Å². The van der Waals surface area contributed by atoms with Crippen molar-refractivity contribution >= 4 is 5.57 Å². The third kappa shape index (κ3) is 2.25. The largest absolute Gasteiger partial charge is 0.496 e. The van der Waals surface area contributed by atoms with E-state index >= 15 is 0 Å². The van der Waals surface area contributed by atoms with Crippen molar-refractivity contribution in [1.29, 1.82) is 0 Å². The van der Waals surface area contributed by atoms with E-state index in [-0.39, 0.29) is 0 Å². The van der Waals surface area contributed by atoms with Crippen LogP contribution < -0.4 is 10.1 Å². The summed E-state index contributed by atoms with van der Waals surface area (Å²) in [5, 5.41) is 3.00. The van der Waals surface area contributed by atoms with Crippen LogP contribution in [0.25, 0.3) is 5.57 Å². The summed E-state index contributed by atoms with van der Waals surface area (Å²) in [4.78, 5) is 0. The molecule has 0 spiro atoms. The van der Waals surface area contributed by atoms with Crippen LogP contribution in [0.2, 0.25) is 0 Å². The molecule has 0 saturated carbocycles. The highest BCUT2D eigenvalue weighted by molar-refractivity contribution is 5.68. The molecule has 0 aliphatic carbocycles. The van der Waals surface area contributed by atoms with Crippen LogP contribution in [-0.4, -0.2) is 14.2 Å². The van der Waals surface area contributed by atoms with E-state index in [1.54, 1.807) is 7.11 Å². The van der Waals surface area contributed by atoms with E-state index in [4.69, 9.17) is 4.74 Å². The molecule has 0 aliphatic rings. The molecule has 0 unspecified atom stereocenters. The molecule has 0 fully saturated rings. The van der Waals surface area contributed by atoms with Crippen molar-refractivity contribution in [1.82, 2.24) is 5.32 Å². The first-order chi connectivity index (χ1) is 6.29. The average Bonchev–Trinajstić information content (AvgIpc) is 2.18. The number of methoxy groups -OCH3 is 1.